The van der Waals surface area contributed by atoms with Crippen molar-refractivity contribution >= 4 is 12.3 Å². The summed E-state index contributed by atoms with van der Waals surface area (Å²) < 4.78 is 26.4. The van der Waals surface area contributed by atoms with Gasteiger partial charge in [-0.2, -0.15) is 0 Å². The summed E-state index contributed by atoms with van der Waals surface area (Å²) in [6.45, 7) is 10.9. The first kappa shape index (κ1) is 23.7. The number of carbonyl (C=O) groups is 2. The molecule has 0 saturated heterocycles. The molecule has 0 aliphatic heterocycles. The predicted molar refractivity (Wildman–Crippen MR) is 115 cm³/mol. The standard InChI is InChI=1S/C24H26O7/c1-17(2)21(15-27-23(25)29-19-11-7-5-8-12-19)31-22(18(3)4)16-28-24(26)30-20-13-9-6-10-14-20/h5-14,21-22H,1,3,15-16H2,2,4H3. The minimum atomic E-state index is -0.865. The first-order chi connectivity index (χ1) is 14.8. The van der Waals surface area contributed by atoms with E-state index in [1.807, 2.05) is 0 Å². The fourth-order valence-corrected chi connectivity index (χ4v) is 2.31. The fourth-order valence-electron chi connectivity index (χ4n) is 2.31. The van der Waals surface area contributed by atoms with Gasteiger partial charge in [-0.1, -0.05) is 49.6 Å². The molecular formula is C24H26O7. The van der Waals surface area contributed by atoms with E-state index in [0.29, 0.717) is 22.6 Å². The minimum absolute atomic E-state index is 0.126. The van der Waals surface area contributed by atoms with E-state index in [9.17, 15) is 9.59 Å². The van der Waals surface area contributed by atoms with Crippen LogP contribution in [0.1, 0.15) is 13.8 Å². The van der Waals surface area contributed by atoms with Crippen LogP contribution in [-0.4, -0.2) is 37.7 Å². The van der Waals surface area contributed by atoms with E-state index in [4.69, 9.17) is 23.7 Å². The maximum atomic E-state index is 11.9. The zero-order valence-electron chi connectivity index (χ0n) is 17.6. The van der Waals surface area contributed by atoms with E-state index in [-0.39, 0.29) is 13.2 Å². The average Bonchev–Trinajstić information content (AvgIpc) is 2.74. The Morgan fingerprint density at radius 1 is 0.710 bits per heavy atom. The third-order valence-electron chi connectivity index (χ3n) is 4.02. The van der Waals surface area contributed by atoms with Crippen molar-refractivity contribution in [3.8, 4) is 11.5 Å². The van der Waals surface area contributed by atoms with Gasteiger partial charge in [-0.15, -0.1) is 0 Å². The summed E-state index contributed by atoms with van der Waals surface area (Å²) in [7, 11) is 0. The summed E-state index contributed by atoms with van der Waals surface area (Å²) in [5.41, 5.74) is 1.23. The SMILES string of the molecule is C=C(C)C(COC(=O)Oc1ccccc1)OC(COC(=O)Oc1ccccc1)C(=C)C. The van der Waals surface area contributed by atoms with Crippen molar-refractivity contribution in [3.63, 3.8) is 0 Å². The van der Waals surface area contributed by atoms with Crippen LogP contribution in [0.25, 0.3) is 0 Å². The predicted octanol–water partition coefficient (Wildman–Crippen LogP) is 5.32. The van der Waals surface area contributed by atoms with Gasteiger partial charge in [0.25, 0.3) is 0 Å². The highest BCUT2D eigenvalue weighted by Crippen LogP contribution is 2.16. The van der Waals surface area contributed by atoms with Crippen molar-refractivity contribution in [2.75, 3.05) is 13.2 Å². The number of benzene rings is 2. The largest absolute Gasteiger partial charge is 0.513 e. The highest BCUT2D eigenvalue weighted by Gasteiger charge is 2.22. The second-order valence-electron chi connectivity index (χ2n) is 6.76. The van der Waals surface area contributed by atoms with Gasteiger partial charge in [0.1, 0.15) is 36.9 Å². The van der Waals surface area contributed by atoms with E-state index in [1.165, 1.54) is 0 Å². The van der Waals surface area contributed by atoms with Crippen molar-refractivity contribution in [1.82, 2.24) is 0 Å². The first-order valence-electron chi connectivity index (χ1n) is 9.60. The monoisotopic (exact) mass is 426 g/mol. The van der Waals surface area contributed by atoms with Gasteiger partial charge < -0.3 is 23.7 Å². The normalized spacial score (nSPS) is 12.2. The first-order valence-corrected chi connectivity index (χ1v) is 9.60. The molecule has 0 aliphatic rings. The molecule has 0 heterocycles. The average molecular weight is 426 g/mol. The van der Waals surface area contributed by atoms with Gasteiger partial charge in [0.15, 0.2) is 0 Å². The Morgan fingerprint density at radius 3 is 1.39 bits per heavy atom. The maximum absolute atomic E-state index is 11.9. The molecule has 0 spiro atoms. The Hall–Kier alpha value is -3.58. The molecule has 0 N–H and O–H groups in total. The quantitative estimate of drug-likeness (QED) is 0.289. The van der Waals surface area contributed by atoms with Gasteiger partial charge in [0.2, 0.25) is 0 Å². The van der Waals surface area contributed by atoms with Gasteiger partial charge in [-0.3, -0.25) is 0 Å². The van der Waals surface area contributed by atoms with Gasteiger partial charge in [-0.05, 0) is 49.3 Å². The molecule has 0 aliphatic carbocycles. The van der Waals surface area contributed by atoms with Crippen molar-refractivity contribution in [2.24, 2.45) is 0 Å². The van der Waals surface area contributed by atoms with Crippen molar-refractivity contribution in [2.45, 2.75) is 26.1 Å². The van der Waals surface area contributed by atoms with Gasteiger partial charge >= 0.3 is 12.3 Å². The Balaban J connectivity index is 1.85. The highest BCUT2D eigenvalue weighted by molar-refractivity contribution is 5.64. The lowest BCUT2D eigenvalue weighted by atomic mass is 10.1. The number of ether oxygens (including phenoxy) is 5. The molecule has 2 aromatic rings. The smallest absolute Gasteiger partial charge is 0.431 e. The molecule has 31 heavy (non-hydrogen) atoms. The van der Waals surface area contributed by atoms with E-state index in [1.54, 1.807) is 74.5 Å². The lowest BCUT2D eigenvalue weighted by Crippen LogP contribution is -2.33. The summed E-state index contributed by atoms with van der Waals surface area (Å²) in [5, 5.41) is 0. The van der Waals surface area contributed by atoms with Crippen LogP contribution >= 0.6 is 0 Å². The molecule has 2 atom stereocenters. The van der Waals surface area contributed by atoms with Crippen LogP contribution in [-0.2, 0) is 14.2 Å². The molecule has 0 bridgehead atoms. The van der Waals surface area contributed by atoms with Crippen molar-refractivity contribution < 1.29 is 33.3 Å². The van der Waals surface area contributed by atoms with Crippen LogP contribution in [0, 0.1) is 0 Å². The second-order valence-corrected chi connectivity index (χ2v) is 6.76. The minimum Gasteiger partial charge on any atom is -0.431 e. The zero-order chi connectivity index (χ0) is 22.6. The summed E-state index contributed by atoms with van der Waals surface area (Å²) in [6, 6.07) is 17.1. The number of hydrogen-bond donors (Lipinski definition) is 0. The third-order valence-corrected chi connectivity index (χ3v) is 4.02. The van der Waals surface area contributed by atoms with Crippen LogP contribution in [0.15, 0.2) is 85.0 Å². The van der Waals surface area contributed by atoms with Crippen LogP contribution in [0.5, 0.6) is 11.5 Å². The Labute approximate surface area is 181 Å². The third kappa shape index (κ3) is 8.76. The molecule has 2 unspecified atom stereocenters. The molecule has 2 aromatic carbocycles. The molecule has 2 rings (SSSR count). The van der Waals surface area contributed by atoms with Crippen LogP contribution < -0.4 is 9.47 Å². The molecule has 0 aromatic heterocycles. The van der Waals surface area contributed by atoms with Gasteiger partial charge in [0, 0.05) is 0 Å². The van der Waals surface area contributed by atoms with E-state index in [2.05, 4.69) is 13.2 Å². The van der Waals surface area contributed by atoms with E-state index in [0.717, 1.165) is 0 Å². The Morgan fingerprint density at radius 2 is 1.06 bits per heavy atom. The second kappa shape index (κ2) is 12.2. The Bertz CT molecular complexity index is 804. The molecule has 0 radical (unpaired) electrons. The molecule has 0 amide bonds. The topological polar surface area (TPSA) is 80.3 Å². The lowest BCUT2D eigenvalue weighted by molar-refractivity contribution is -0.0408. The summed E-state index contributed by atoms with van der Waals surface area (Å²) in [6.07, 6.45) is -3.04. The van der Waals surface area contributed by atoms with Crippen LogP contribution in [0.4, 0.5) is 9.59 Å². The zero-order valence-corrected chi connectivity index (χ0v) is 17.6. The number of para-hydroxylation sites is 2. The van der Waals surface area contributed by atoms with Crippen molar-refractivity contribution in [1.29, 1.82) is 0 Å². The van der Waals surface area contributed by atoms with Crippen molar-refractivity contribution in [3.05, 3.63) is 85.0 Å². The number of carbonyl (C=O) groups excluding carboxylic acids is 2. The molecule has 164 valence electrons. The number of hydrogen-bond acceptors (Lipinski definition) is 7. The van der Waals surface area contributed by atoms with E-state index >= 15 is 0 Å². The van der Waals surface area contributed by atoms with Gasteiger partial charge in [-0.25, -0.2) is 9.59 Å². The summed E-state index contributed by atoms with van der Waals surface area (Å²) in [4.78, 5) is 23.8. The van der Waals surface area contributed by atoms with Gasteiger partial charge in [0.05, 0.1) is 0 Å². The maximum Gasteiger partial charge on any atom is 0.513 e. The van der Waals surface area contributed by atoms with Crippen LogP contribution in [0.2, 0.25) is 0 Å². The molecule has 0 fully saturated rings. The highest BCUT2D eigenvalue weighted by atomic mass is 16.7. The summed E-state index contributed by atoms with van der Waals surface area (Å²) in [5.74, 6) is 0.732. The Kier molecular flexibility index (Phi) is 9.32. The summed E-state index contributed by atoms with van der Waals surface area (Å²) >= 11 is 0. The lowest BCUT2D eigenvalue weighted by Gasteiger charge is -2.25. The number of rotatable bonds is 10. The molecule has 7 nitrogen and oxygen atoms in total. The molecular weight excluding hydrogens is 400 g/mol. The van der Waals surface area contributed by atoms with E-state index < -0.39 is 24.5 Å². The fraction of sp³-hybridized carbons (Fsp3) is 0.250. The van der Waals surface area contributed by atoms with Crippen LogP contribution in [0.3, 0.4) is 0 Å². The molecule has 7 heteroatoms. The molecule has 0 saturated carbocycles.